The van der Waals surface area contributed by atoms with E-state index in [2.05, 4.69) is 25.9 Å². The fourth-order valence-electron chi connectivity index (χ4n) is 2.12. The second-order valence-corrected chi connectivity index (χ2v) is 5.48. The minimum Gasteiger partial charge on any atom is -0.322 e. The Balaban J connectivity index is 2.15. The van der Waals surface area contributed by atoms with Crippen molar-refractivity contribution in [2.75, 3.05) is 0 Å². The highest BCUT2D eigenvalue weighted by Gasteiger charge is 2.13. The molecule has 0 radical (unpaired) electrons. The van der Waals surface area contributed by atoms with Crippen LogP contribution in [0.1, 0.15) is 11.4 Å². The van der Waals surface area contributed by atoms with Crippen molar-refractivity contribution in [3.05, 3.63) is 58.3 Å². The highest BCUT2D eigenvalue weighted by atomic mass is 79.9. The Morgan fingerprint density at radius 1 is 1.25 bits per heavy atom. The summed E-state index contributed by atoms with van der Waals surface area (Å²) in [6.45, 7) is 0.624. The molecule has 0 amide bonds. The minimum absolute atomic E-state index is 0.277. The zero-order valence-corrected chi connectivity index (χ0v) is 12.7. The van der Waals surface area contributed by atoms with E-state index >= 15 is 0 Å². The van der Waals surface area contributed by atoms with Crippen LogP contribution < -0.4 is 0 Å². The summed E-state index contributed by atoms with van der Waals surface area (Å²) in [5.74, 6) is 0.669. The zero-order chi connectivity index (χ0) is 14.1. The monoisotopic (exact) mass is 353 g/mol. The quantitative estimate of drug-likeness (QED) is 0.662. The Hall–Kier alpha value is -1.46. The highest BCUT2D eigenvalue weighted by molar-refractivity contribution is 9.10. The van der Waals surface area contributed by atoms with Crippen LogP contribution in [0, 0.1) is 5.82 Å². The smallest absolute Gasteiger partial charge is 0.139 e. The van der Waals surface area contributed by atoms with Crippen LogP contribution in [0.2, 0.25) is 0 Å². The third-order valence-corrected chi connectivity index (χ3v) is 3.93. The van der Waals surface area contributed by atoms with E-state index in [1.165, 1.54) is 6.07 Å². The van der Waals surface area contributed by atoms with E-state index in [1.54, 1.807) is 18.5 Å². The molecule has 3 rings (SSSR count). The summed E-state index contributed by atoms with van der Waals surface area (Å²) in [5.41, 5.74) is 2.55. The second-order valence-electron chi connectivity index (χ2n) is 4.36. The summed E-state index contributed by atoms with van der Waals surface area (Å²) in [5, 5.41) is 0. The molecular weight excluding hydrogens is 345 g/mol. The maximum Gasteiger partial charge on any atom is 0.139 e. The van der Waals surface area contributed by atoms with Crippen molar-refractivity contribution in [3.63, 3.8) is 0 Å². The van der Waals surface area contributed by atoms with Crippen LogP contribution in [0.15, 0.2) is 41.1 Å². The normalized spacial score (nSPS) is 11.2. The van der Waals surface area contributed by atoms with Gasteiger partial charge >= 0.3 is 0 Å². The van der Waals surface area contributed by atoms with Gasteiger partial charge in [-0.2, -0.15) is 0 Å². The third-order valence-electron chi connectivity index (χ3n) is 3.08. The summed E-state index contributed by atoms with van der Waals surface area (Å²) < 4.78 is 16.0. The van der Waals surface area contributed by atoms with Gasteiger partial charge in [0.15, 0.2) is 0 Å². The van der Waals surface area contributed by atoms with E-state index in [9.17, 15) is 4.39 Å². The summed E-state index contributed by atoms with van der Waals surface area (Å²) >= 11 is 9.16. The molecule has 1 aromatic carbocycles. The Kier molecular flexibility index (Phi) is 3.72. The van der Waals surface area contributed by atoms with Crippen LogP contribution in [0.4, 0.5) is 4.39 Å². The predicted octanol–water partition coefficient (Wildman–Crippen LogP) is 4.12. The number of rotatable bonds is 3. The fraction of sp³-hybridized carbons (Fsp3) is 0.143. The van der Waals surface area contributed by atoms with E-state index in [0.29, 0.717) is 16.5 Å². The molecule has 0 fully saturated rings. The van der Waals surface area contributed by atoms with Gasteiger partial charge in [0, 0.05) is 25.0 Å². The van der Waals surface area contributed by atoms with Gasteiger partial charge in [-0.25, -0.2) is 9.37 Å². The van der Waals surface area contributed by atoms with E-state index in [0.717, 1.165) is 16.9 Å². The molecule has 0 spiro atoms. The van der Waals surface area contributed by atoms with E-state index in [4.69, 9.17) is 11.6 Å². The number of halogens is 3. The lowest BCUT2D eigenvalue weighted by Gasteiger charge is -2.08. The molecule has 20 heavy (non-hydrogen) atoms. The molecule has 0 saturated carbocycles. The lowest BCUT2D eigenvalue weighted by atomic mass is 10.2. The fourth-order valence-corrected chi connectivity index (χ4v) is 2.65. The van der Waals surface area contributed by atoms with Crippen LogP contribution >= 0.6 is 27.5 Å². The van der Waals surface area contributed by atoms with Gasteiger partial charge in [0.2, 0.25) is 0 Å². The number of fused-ring (bicyclic) bond motifs is 1. The van der Waals surface area contributed by atoms with Gasteiger partial charge in [-0.1, -0.05) is 0 Å². The summed E-state index contributed by atoms with van der Waals surface area (Å²) in [6, 6.07) is 7.01. The number of nitrogens with zero attached hydrogens (tertiary/aromatic N) is 3. The number of benzene rings is 1. The molecule has 102 valence electrons. The molecule has 0 aliphatic rings. The SMILES string of the molecule is Fc1cc2nc(CCl)n(Cc3ccncc3)c2cc1Br. The standard InChI is InChI=1S/C14H10BrClFN3/c15-10-5-13-12(6-11(10)17)19-14(7-16)20(13)8-9-1-3-18-4-2-9/h1-6H,7-8H2. The van der Waals surface area contributed by atoms with Gasteiger partial charge in [0.05, 0.1) is 21.4 Å². The molecule has 0 bridgehead atoms. The lowest BCUT2D eigenvalue weighted by molar-refractivity contribution is 0.622. The number of imidazole rings is 1. The number of pyridine rings is 1. The van der Waals surface area contributed by atoms with Crippen LogP contribution in [-0.4, -0.2) is 14.5 Å². The Labute approximate surface area is 128 Å². The van der Waals surface area contributed by atoms with E-state index in [1.807, 2.05) is 16.7 Å². The molecule has 2 aromatic heterocycles. The first-order chi connectivity index (χ1) is 9.69. The largest absolute Gasteiger partial charge is 0.322 e. The molecule has 0 N–H and O–H groups in total. The van der Waals surface area contributed by atoms with E-state index < -0.39 is 0 Å². The first kappa shape index (κ1) is 13.5. The van der Waals surface area contributed by atoms with Crippen LogP contribution in [0.25, 0.3) is 11.0 Å². The number of hydrogen-bond donors (Lipinski definition) is 0. The first-order valence-electron chi connectivity index (χ1n) is 5.98. The van der Waals surface area contributed by atoms with Gasteiger partial charge < -0.3 is 4.57 Å². The highest BCUT2D eigenvalue weighted by Crippen LogP contribution is 2.25. The summed E-state index contributed by atoms with van der Waals surface area (Å²) in [6.07, 6.45) is 3.48. The van der Waals surface area contributed by atoms with Gasteiger partial charge in [-0.3, -0.25) is 4.98 Å². The molecule has 6 heteroatoms. The van der Waals surface area contributed by atoms with Gasteiger partial charge in [-0.05, 0) is 39.7 Å². The molecule has 0 aliphatic carbocycles. The molecule has 2 heterocycles. The van der Waals surface area contributed by atoms with Crippen molar-refractivity contribution < 1.29 is 4.39 Å². The summed E-state index contributed by atoms with van der Waals surface area (Å²) in [4.78, 5) is 8.38. The maximum atomic E-state index is 13.6. The first-order valence-corrected chi connectivity index (χ1v) is 7.31. The predicted molar refractivity (Wildman–Crippen MR) is 80.3 cm³/mol. The van der Waals surface area contributed by atoms with Gasteiger partial charge in [0.25, 0.3) is 0 Å². The number of aromatic nitrogens is 3. The zero-order valence-electron chi connectivity index (χ0n) is 10.4. The van der Waals surface area contributed by atoms with Crippen molar-refractivity contribution in [1.29, 1.82) is 0 Å². The molecule has 0 unspecified atom stereocenters. The lowest BCUT2D eigenvalue weighted by Crippen LogP contribution is -2.03. The Morgan fingerprint density at radius 3 is 2.70 bits per heavy atom. The summed E-state index contributed by atoms with van der Waals surface area (Å²) in [7, 11) is 0. The molecule has 0 aliphatic heterocycles. The van der Waals surface area contributed by atoms with Crippen LogP contribution in [-0.2, 0) is 12.4 Å². The topological polar surface area (TPSA) is 30.7 Å². The third kappa shape index (κ3) is 2.43. The molecule has 3 nitrogen and oxygen atoms in total. The Morgan fingerprint density at radius 2 is 2.00 bits per heavy atom. The van der Waals surface area contributed by atoms with E-state index in [-0.39, 0.29) is 11.7 Å². The average Bonchev–Trinajstić information content (AvgIpc) is 2.78. The van der Waals surface area contributed by atoms with Crippen molar-refractivity contribution in [2.45, 2.75) is 12.4 Å². The van der Waals surface area contributed by atoms with Crippen LogP contribution in [0.5, 0.6) is 0 Å². The van der Waals surface area contributed by atoms with Crippen molar-refractivity contribution in [3.8, 4) is 0 Å². The Bertz CT molecular complexity index is 758. The molecule has 0 saturated heterocycles. The minimum atomic E-state index is -0.327. The number of hydrogen-bond acceptors (Lipinski definition) is 2. The average molecular weight is 355 g/mol. The molecule has 3 aromatic rings. The van der Waals surface area contributed by atoms with Gasteiger partial charge in [-0.15, -0.1) is 11.6 Å². The van der Waals surface area contributed by atoms with Crippen LogP contribution in [0.3, 0.4) is 0 Å². The second kappa shape index (κ2) is 5.50. The van der Waals surface area contributed by atoms with Crippen molar-refractivity contribution in [1.82, 2.24) is 14.5 Å². The molecular formula is C14H10BrClFN3. The maximum absolute atomic E-state index is 13.6. The van der Waals surface area contributed by atoms with Crippen molar-refractivity contribution in [2.24, 2.45) is 0 Å². The molecule has 0 atom stereocenters. The number of alkyl halides is 1. The van der Waals surface area contributed by atoms with Crippen molar-refractivity contribution >= 4 is 38.6 Å². The van der Waals surface area contributed by atoms with Gasteiger partial charge in [0.1, 0.15) is 11.6 Å².